The summed E-state index contributed by atoms with van der Waals surface area (Å²) in [4.78, 5) is 0. The largest absolute Gasteiger partial charge is 0.479 e. The fourth-order valence-electron chi connectivity index (χ4n) is 0.699. The molecule has 57 valence electrons. The molecule has 1 radical (unpaired) electrons. The molecule has 0 saturated carbocycles. The van der Waals surface area contributed by atoms with Gasteiger partial charge in [-0.15, -0.1) is 6.42 Å². The van der Waals surface area contributed by atoms with Crippen LogP contribution in [-0.2, 0) is 6.54 Å². The Morgan fingerprint density at radius 3 is 3.18 bits per heavy atom. The van der Waals surface area contributed by atoms with Gasteiger partial charge >= 0.3 is 0 Å². The van der Waals surface area contributed by atoms with Crippen molar-refractivity contribution in [3.05, 3.63) is 12.0 Å². The molecule has 1 heterocycles. The van der Waals surface area contributed by atoms with Crippen LogP contribution in [0.25, 0.3) is 0 Å². The fraction of sp³-hybridized carbons (Fsp3) is 0.286. The van der Waals surface area contributed by atoms with Crippen molar-refractivity contribution >= 4 is 0 Å². The molecule has 11 heavy (non-hydrogen) atoms. The number of nitrogens with zero attached hydrogens (tertiary/aromatic N) is 2. The zero-order chi connectivity index (χ0) is 8.27. The van der Waals surface area contributed by atoms with Crippen molar-refractivity contribution in [1.29, 1.82) is 0 Å². The quantitative estimate of drug-likeness (QED) is 0.577. The van der Waals surface area contributed by atoms with Crippen LogP contribution in [0.2, 0.25) is 0 Å². The highest BCUT2D eigenvalue weighted by molar-refractivity contribution is 5.11. The molecule has 3 nitrogen and oxygen atoms in total. The molecule has 1 aromatic rings. The van der Waals surface area contributed by atoms with E-state index in [1.54, 1.807) is 0 Å². The van der Waals surface area contributed by atoms with Crippen molar-refractivity contribution in [2.45, 2.75) is 6.54 Å². The molecule has 0 amide bonds. The summed E-state index contributed by atoms with van der Waals surface area (Å²) in [6, 6.07) is 0. The van der Waals surface area contributed by atoms with E-state index in [0.29, 0.717) is 0 Å². The lowest BCUT2D eigenvalue weighted by molar-refractivity contribution is 0.348. The maximum Gasteiger partial charge on any atom is 0.250 e. The molecule has 0 bridgehead atoms. The lowest BCUT2D eigenvalue weighted by Crippen LogP contribution is -2.01. The van der Waals surface area contributed by atoms with Gasteiger partial charge in [0.2, 0.25) is 11.7 Å². The number of aromatic nitrogens is 2. The molecule has 0 aliphatic carbocycles. The minimum atomic E-state index is -0.622. The number of methoxy groups -OCH3 is 1. The zero-order valence-corrected chi connectivity index (χ0v) is 5.97. The maximum atomic E-state index is 12.6. The maximum absolute atomic E-state index is 12.6. The first kappa shape index (κ1) is 7.61. The lowest BCUT2D eigenvalue weighted by atomic mass is 10.6. The third kappa shape index (κ3) is 1.32. The molecule has 0 aromatic carbocycles. The monoisotopic (exact) mass is 153 g/mol. The van der Waals surface area contributed by atoms with Crippen molar-refractivity contribution in [3.63, 3.8) is 0 Å². The number of terminal acetylenes is 1. The fourth-order valence-corrected chi connectivity index (χ4v) is 0.699. The van der Waals surface area contributed by atoms with E-state index in [1.807, 2.05) is 0 Å². The van der Waals surface area contributed by atoms with E-state index in [9.17, 15) is 4.39 Å². The topological polar surface area (TPSA) is 27.1 Å². The first-order valence-electron chi connectivity index (χ1n) is 2.91. The minimum absolute atomic E-state index is 0.0166. The Morgan fingerprint density at radius 2 is 2.64 bits per heavy atom. The highest BCUT2D eigenvalue weighted by Crippen LogP contribution is 2.13. The van der Waals surface area contributed by atoms with Gasteiger partial charge < -0.3 is 4.74 Å². The zero-order valence-electron chi connectivity index (χ0n) is 5.97. The molecule has 0 N–H and O–H groups in total. The van der Waals surface area contributed by atoms with Crippen LogP contribution in [-0.4, -0.2) is 16.9 Å². The van der Waals surface area contributed by atoms with Crippen molar-refractivity contribution < 1.29 is 9.13 Å². The molecule has 4 heteroatoms. The van der Waals surface area contributed by atoms with Crippen LogP contribution >= 0.6 is 0 Å². The molecule has 0 aliphatic heterocycles. The molecule has 0 aliphatic rings. The van der Waals surface area contributed by atoms with E-state index < -0.39 is 5.82 Å². The Hall–Kier alpha value is -1.50. The van der Waals surface area contributed by atoms with Crippen LogP contribution < -0.4 is 4.74 Å². The predicted molar refractivity (Wildman–Crippen MR) is 36.4 cm³/mol. The van der Waals surface area contributed by atoms with Gasteiger partial charge in [-0.3, -0.25) is 0 Å². The van der Waals surface area contributed by atoms with Gasteiger partial charge in [0, 0.05) is 0 Å². The first-order chi connectivity index (χ1) is 5.29. The highest BCUT2D eigenvalue weighted by atomic mass is 19.1. The third-order valence-corrected chi connectivity index (χ3v) is 1.13. The van der Waals surface area contributed by atoms with Crippen molar-refractivity contribution in [1.82, 2.24) is 9.78 Å². The summed E-state index contributed by atoms with van der Waals surface area (Å²) >= 11 is 0. The molecule has 0 fully saturated rings. The van der Waals surface area contributed by atoms with Crippen LogP contribution in [0.4, 0.5) is 4.39 Å². The Morgan fingerprint density at radius 1 is 1.91 bits per heavy atom. The van der Waals surface area contributed by atoms with Gasteiger partial charge in [-0.25, -0.2) is 4.68 Å². The van der Waals surface area contributed by atoms with Gasteiger partial charge in [0.25, 0.3) is 0 Å². The Labute approximate surface area is 63.8 Å². The SMILES string of the molecule is C#CCn1n[c]c(F)c1OC. The number of ether oxygens (including phenoxy) is 1. The second-order valence-corrected chi connectivity index (χ2v) is 1.80. The summed E-state index contributed by atoms with van der Waals surface area (Å²) in [6.07, 6.45) is 7.09. The molecule has 1 aromatic heterocycles. The van der Waals surface area contributed by atoms with E-state index in [4.69, 9.17) is 6.42 Å². The third-order valence-electron chi connectivity index (χ3n) is 1.13. The molecular formula is C7H6FN2O. The summed E-state index contributed by atoms with van der Waals surface area (Å²) in [5.41, 5.74) is 0. The Kier molecular flexibility index (Phi) is 2.12. The minimum Gasteiger partial charge on any atom is -0.479 e. The van der Waals surface area contributed by atoms with E-state index in [1.165, 1.54) is 11.8 Å². The van der Waals surface area contributed by atoms with Crippen LogP contribution in [0.3, 0.4) is 0 Å². The summed E-state index contributed by atoms with van der Waals surface area (Å²) in [5, 5.41) is 3.53. The molecule has 0 atom stereocenters. The van der Waals surface area contributed by atoms with Crippen LogP contribution in [0, 0.1) is 24.4 Å². The van der Waals surface area contributed by atoms with Gasteiger partial charge in [0.15, 0.2) is 6.20 Å². The average molecular weight is 153 g/mol. The van der Waals surface area contributed by atoms with Crippen molar-refractivity contribution in [2.75, 3.05) is 7.11 Å². The van der Waals surface area contributed by atoms with Gasteiger partial charge in [0.05, 0.1) is 7.11 Å². The number of hydrogen-bond donors (Lipinski definition) is 0. The average Bonchev–Trinajstić information content (AvgIpc) is 2.33. The van der Waals surface area contributed by atoms with Gasteiger partial charge in [-0.05, 0) is 0 Å². The summed E-state index contributed by atoms with van der Waals surface area (Å²) in [5.74, 6) is 1.70. The molecule has 0 spiro atoms. The van der Waals surface area contributed by atoms with Crippen LogP contribution in [0.1, 0.15) is 0 Å². The second-order valence-electron chi connectivity index (χ2n) is 1.80. The highest BCUT2D eigenvalue weighted by Gasteiger charge is 2.09. The van der Waals surface area contributed by atoms with Crippen LogP contribution in [0.15, 0.2) is 0 Å². The molecule has 1 rings (SSSR count). The summed E-state index contributed by atoms with van der Waals surface area (Å²) < 4.78 is 18.5. The van der Waals surface area contributed by atoms with Crippen LogP contribution in [0.5, 0.6) is 5.88 Å². The molecular weight excluding hydrogens is 147 g/mol. The molecule has 0 unspecified atom stereocenters. The van der Waals surface area contributed by atoms with E-state index in [0.717, 1.165) is 0 Å². The molecule has 0 saturated heterocycles. The first-order valence-corrected chi connectivity index (χ1v) is 2.91. The van der Waals surface area contributed by atoms with Gasteiger partial charge in [-0.1, -0.05) is 5.92 Å². The normalized spacial score (nSPS) is 9.18. The van der Waals surface area contributed by atoms with Gasteiger partial charge in [0.1, 0.15) is 6.54 Å². The number of hydrogen-bond acceptors (Lipinski definition) is 2. The van der Waals surface area contributed by atoms with E-state index >= 15 is 0 Å². The van der Waals surface area contributed by atoms with Gasteiger partial charge in [-0.2, -0.15) is 9.49 Å². The Bertz CT molecular complexity index is 287. The smallest absolute Gasteiger partial charge is 0.250 e. The van der Waals surface area contributed by atoms with Crippen molar-refractivity contribution in [2.24, 2.45) is 0 Å². The number of rotatable bonds is 2. The Balaban J connectivity index is 2.97. The summed E-state index contributed by atoms with van der Waals surface area (Å²) in [7, 11) is 1.35. The lowest BCUT2D eigenvalue weighted by Gasteiger charge is -2.00. The predicted octanol–water partition coefficient (Wildman–Crippen LogP) is 0.464. The standard InChI is InChI=1S/C7H6FN2O/c1-3-4-10-7(11-2)6(8)5-9-10/h1H,4H2,2H3. The number of halogens is 1. The summed E-state index contributed by atoms with van der Waals surface area (Å²) in [6.45, 7) is 0.184. The second kappa shape index (κ2) is 3.06. The van der Waals surface area contributed by atoms with Crippen molar-refractivity contribution in [3.8, 4) is 18.2 Å². The van der Waals surface area contributed by atoms with E-state index in [-0.39, 0.29) is 12.4 Å². The van der Waals surface area contributed by atoms with E-state index in [2.05, 4.69) is 22.0 Å².